The minimum Gasteiger partial charge on any atom is -0.497 e. The van der Waals surface area contributed by atoms with E-state index in [2.05, 4.69) is 16.8 Å². The van der Waals surface area contributed by atoms with E-state index in [0.717, 1.165) is 22.4 Å². The smallest absolute Gasteiger partial charge is 0.254 e. The second-order valence-electron chi connectivity index (χ2n) is 8.67. The third kappa shape index (κ3) is 4.36. The molecule has 3 aromatic rings. The van der Waals surface area contributed by atoms with Crippen molar-refractivity contribution in [2.45, 2.75) is 18.0 Å². The summed E-state index contributed by atoms with van der Waals surface area (Å²) in [5.41, 5.74) is 3.25. The molecule has 1 aromatic heterocycles. The van der Waals surface area contributed by atoms with Crippen molar-refractivity contribution in [1.82, 2.24) is 14.8 Å². The van der Waals surface area contributed by atoms with Crippen molar-refractivity contribution in [1.29, 1.82) is 0 Å². The van der Waals surface area contributed by atoms with Gasteiger partial charge in [-0.3, -0.25) is 14.6 Å². The number of hydrogen-bond donors (Lipinski definition) is 1. The fraction of sp³-hybridized carbons (Fsp3) is 0.250. The second-order valence-corrected chi connectivity index (χ2v) is 8.67. The Morgan fingerprint density at radius 3 is 2.54 bits per heavy atom. The predicted molar refractivity (Wildman–Crippen MR) is 130 cm³/mol. The minimum absolute atomic E-state index is 0.0136. The number of benzene rings is 2. The molecule has 2 aliphatic heterocycles. The lowest BCUT2D eigenvalue weighted by molar-refractivity contribution is -0.159. The summed E-state index contributed by atoms with van der Waals surface area (Å²) in [7, 11) is 1.63. The van der Waals surface area contributed by atoms with Crippen molar-refractivity contribution in [2.75, 3.05) is 26.8 Å². The van der Waals surface area contributed by atoms with Crippen LogP contribution in [0.15, 0.2) is 73.1 Å². The van der Waals surface area contributed by atoms with Gasteiger partial charge >= 0.3 is 0 Å². The molecular weight excluding hydrogens is 442 g/mol. The van der Waals surface area contributed by atoms with E-state index in [0.29, 0.717) is 12.1 Å². The predicted octanol–water partition coefficient (Wildman–Crippen LogP) is 2.30. The number of carbonyl (C=O) groups excluding carboxylic acids is 2. The van der Waals surface area contributed by atoms with Crippen molar-refractivity contribution in [3.63, 3.8) is 0 Å². The molecule has 3 atom stereocenters. The Morgan fingerprint density at radius 1 is 1.09 bits per heavy atom. The number of amides is 2. The van der Waals surface area contributed by atoms with Crippen LogP contribution >= 0.6 is 0 Å². The molecule has 176 valence electrons. The van der Waals surface area contributed by atoms with Crippen LogP contribution in [0.25, 0.3) is 0 Å². The maximum Gasteiger partial charge on any atom is 0.254 e. The lowest BCUT2D eigenvalue weighted by atomic mass is 9.73. The average molecular weight is 468 g/mol. The Hall–Kier alpha value is -4.15. The zero-order chi connectivity index (χ0) is 24.4. The van der Waals surface area contributed by atoms with E-state index >= 15 is 0 Å². The SMILES string of the molecule is COc1cccc(C#Cc2ccc([C@H]3[C@H]4CN(C(=O)c5ccncc5)CC(=O)N4[C@H]3CO)cc2)c1. The maximum atomic E-state index is 12.9. The van der Waals surface area contributed by atoms with Crippen molar-refractivity contribution >= 4 is 11.8 Å². The van der Waals surface area contributed by atoms with Gasteiger partial charge in [0.05, 0.1) is 25.8 Å². The van der Waals surface area contributed by atoms with Crippen molar-refractivity contribution in [3.05, 3.63) is 95.3 Å². The number of ether oxygens (including phenoxy) is 1. The van der Waals surface area contributed by atoms with Gasteiger partial charge in [-0.25, -0.2) is 0 Å². The zero-order valence-corrected chi connectivity index (χ0v) is 19.3. The topological polar surface area (TPSA) is 83.0 Å². The molecule has 2 saturated heterocycles. The Morgan fingerprint density at radius 2 is 1.83 bits per heavy atom. The molecule has 2 aliphatic rings. The van der Waals surface area contributed by atoms with Gasteiger partial charge < -0.3 is 19.6 Å². The van der Waals surface area contributed by atoms with E-state index in [1.54, 1.807) is 41.4 Å². The van der Waals surface area contributed by atoms with Gasteiger partial charge in [0.2, 0.25) is 5.91 Å². The fourth-order valence-corrected chi connectivity index (χ4v) is 4.97. The van der Waals surface area contributed by atoms with Crippen LogP contribution in [-0.4, -0.2) is 70.6 Å². The third-order valence-corrected chi connectivity index (χ3v) is 6.68. The van der Waals surface area contributed by atoms with Crippen molar-refractivity contribution in [3.8, 4) is 17.6 Å². The Bertz CT molecular complexity index is 1300. The first kappa shape index (κ1) is 22.6. The van der Waals surface area contributed by atoms with E-state index in [1.807, 2.05) is 48.5 Å². The number of rotatable bonds is 4. The van der Waals surface area contributed by atoms with Gasteiger partial charge in [-0.15, -0.1) is 0 Å². The number of carbonyl (C=O) groups is 2. The van der Waals surface area contributed by atoms with Gasteiger partial charge in [0.1, 0.15) is 12.3 Å². The first-order chi connectivity index (χ1) is 17.1. The Balaban J connectivity index is 1.34. The summed E-state index contributed by atoms with van der Waals surface area (Å²) in [4.78, 5) is 33.1. The van der Waals surface area contributed by atoms with Crippen LogP contribution in [0.5, 0.6) is 5.75 Å². The molecular formula is C28H25N3O4. The molecule has 0 spiro atoms. The first-order valence-corrected chi connectivity index (χ1v) is 11.5. The van der Waals surface area contributed by atoms with Gasteiger partial charge in [-0.1, -0.05) is 30.0 Å². The molecule has 0 bridgehead atoms. The van der Waals surface area contributed by atoms with Gasteiger partial charge in [-0.2, -0.15) is 0 Å². The van der Waals surface area contributed by atoms with Crippen LogP contribution < -0.4 is 4.74 Å². The zero-order valence-electron chi connectivity index (χ0n) is 19.3. The lowest BCUT2D eigenvalue weighted by Gasteiger charge is -2.58. The molecule has 1 N–H and O–H groups in total. The largest absolute Gasteiger partial charge is 0.497 e. The minimum atomic E-state index is -0.292. The Labute approximate surface area is 204 Å². The lowest BCUT2D eigenvalue weighted by Crippen LogP contribution is -2.73. The van der Waals surface area contributed by atoms with Crippen LogP contribution in [0.4, 0.5) is 0 Å². The summed E-state index contributed by atoms with van der Waals surface area (Å²) < 4.78 is 5.24. The van der Waals surface area contributed by atoms with E-state index in [1.165, 1.54) is 0 Å². The second kappa shape index (κ2) is 9.61. The van der Waals surface area contributed by atoms with Gasteiger partial charge in [0.25, 0.3) is 5.91 Å². The van der Waals surface area contributed by atoms with Crippen molar-refractivity contribution in [2.24, 2.45) is 0 Å². The summed E-state index contributed by atoms with van der Waals surface area (Å²) in [6.07, 6.45) is 3.13. The molecule has 7 nitrogen and oxygen atoms in total. The van der Waals surface area contributed by atoms with Crippen LogP contribution in [-0.2, 0) is 4.79 Å². The normalized spacial score (nSPS) is 20.9. The van der Waals surface area contributed by atoms with Crippen LogP contribution in [0.2, 0.25) is 0 Å². The quantitative estimate of drug-likeness (QED) is 0.596. The molecule has 7 heteroatoms. The molecule has 35 heavy (non-hydrogen) atoms. The molecule has 0 saturated carbocycles. The average Bonchev–Trinajstić information content (AvgIpc) is 2.89. The number of aromatic nitrogens is 1. The highest BCUT2D eigenvalue weighted by Gasteiger charge is 2.54. The van der Waals surface area contributed by atoms with Gasteiger partial charge in [0.15, 0.2) is 0 Å². The van der Waals surface area contributed by atoms with Gasteiger partial charge in [-0.05, 0) is 48.0 Å². The van der Waals surface area contributed by atoms with E-state index in [-0.39, 0.29) is 43.0 Å². The molecule has 2 fully saturated rings. The first-order valence-electron chi connectivity index (χ1n) is 11.5. The number of pyridine rings is 1. The molecule has 0 unspecified atom stereocenters. The summed E-state index contributed by atoms with van der Waals surface area (Å²) in [6, 6.07) is 18.3. The highest BCUT2D eigenvalue weighted by Crippen LogP contribution is 2.43. The number of hydrogen-bond acceptors (Lipinski definition) is 5. The summed E-state index contributed by atoms with van der Waals surface area (Å²) >= 11 is 0. The highest BCUT2D eigenvalue weighted by molar-refractivity contribution is 5.97. The molecule has 5 rings (SSSR count). The number of aliphatic hydroxyl groups is 1. The summed E-state index contributed by atoms with van der Waals surface area (Å²) in [6.45, 7) is 0.313. The fourth-order valence-electron chi connectivity index (χ4n) is 4.97. The molecule has 2 amide bonds. The number of nitrogens with zero attached hydrogens (tertiary/aromatic N) is 3. The molecule has 0 aliphatic carbocycles. The monoisotopic (exact) mass is 467 g/mol. The van der Waals surface area contributed by atoms with E-state index in [4.69, 9.17) is 4.74 Å². The molecule has 2 aromatic carbocycles. The Kier molecular flexibility index (Phi) is 6.21. The highest BCUT2D eigenvalue weighted by atomic mass is 16.5. The number of aliphatic hydroxyl groups excluding tert-OH is 1. The van der Waals surface area contributed by atoms with Crippen LogP contribution in [0, 0.1) is 11.8 Å². The maximum absolute atomic E-state index is 12.9. The number of methoxy groups -OCH3 is 1. The van der Waals surface area contributed by atoms with Gasteiger partial charge in [0, 0.05) is 41.5 Å². The van der Waals surface area contributed by atoms with E-state index < -0.39 is 0 Å². The standard InChI is InChI=1S/C28H25N3O4/c1-35-23-4-2-3-20(15-23)6-5-19-7-9-21(10-8-19)27-24-16-30(17-26(33)31(24)25(27)18-32)28(34)22-11-13-29-14-12-22/h2-4,7-15,24-25,27,32H,16-18H2,1H3/t24-,25+,27+/m1/s1. The van der Waals surface area contributed by atoms with Crippen molar-refractivity contribution < 1.29 is 19.4 Å². The third-order valence-electron chi connectivity index (χ3n) is 6.68. The molecule has 3 heterocycles. The number of piperazine rings is 1. The number of fused-ring (bicyclic) bond motifs is 1. The van der Waals surface area contributed by atoms with Crippen LogP contribution in [0.1, 0.15) is 33.0 Å². The molecule has 0 radical (unpaired) electrons. The summed E-state index contributed by atoms with van der Waals surface area (Å²) in [5, 5.41) is 10.0. The van der Waals surface area contributed by atoms with E-state index in [9.17, 15) is 14.7 Å². The summed E-state index contributed by atoms with van der Waals surface area (Å²) in [5.74, 6) is 6.69. The van der Waals surface area contributed by atoms with Crippen LogP contribution in [0.3, 0.4) is 0 Å².